The Kier molecular flexibility index (Phi) is 5.64. The van der Waals surface area contributed by atoms with E-state index >= 15 is 0 Å². The standard InChI is InChI=1S/C22H22O2/c1-5-21(23)15(3)17-11-7-9-13-19(17)20-14-10-8-12-18(20)16(4)22(24)6-2/h5-16H,1-2H2,3-4H3. The van der Waals surface area contributed by atoms with E-state index in [0.29, 0.717) is 0 Å². The fourth-order valence-corrected chi connectivity index (χ4v) is 2.90. The molecule has 0 bridgehead atoms. The number of hydrogen-bond acceptors (Lipinski definition) is 2. The minimum atomic E-state index is -0.280. The average Bonchev–Trinajstić information content (AvgIpc) is 2.65. The molecule has 2 unspecified atom stereocenters. The van der Waals surface area contributed by atoms with E-state index in [-0.39, 0.29) is 23.4 Å². The lowest BCUT2D eigenvalue weighted by molar-refractivity contribution is -0.116. The fourth-order valence-electron chi connectivity index (χ4n) is 2.90. The maximum Gasteiger partial charge on any atom is 0.162 e. The van der Waals surface area contributed by atoms with E-state index < -0.39 is 0 Å². The van der Waals surface area contributed by atoms with Crippen LogP contribution in [0.25, 0.3) is 11.1 Å². The van der Waals surface area contributed by atoms with Crippen LogP contribution in [0.1, 0.15) is 36.8 Å². The molecule has 0 heterocycles. The monoisotopic (exact) mass is 318 g/mol. The Morgan fingerprint density at radius 3 is 1.42 bits per heavy atom. The maximum absolute atomic E-state index is 12.1. The number of carbonyl (C=O) groups is 2. The second kappa shape index (κ2) is 7.69. The van der Waals surface area contributed by atoms with Gasteiger partial charge < -0.3 is 0 Å². The normalized spacial score (nSPS) is 12.9. The highest BCUT2D eigenvalue weighted by atomic mass is 16.1. The number of hydrogen-bond donors (Lipinski definition) is 0. The van der Waals surface area contributed by atoms with Gasteiger partial charge in [0, 0.05) is 11.8 Å². The van der Waals surface area contributed by atoms with Crippen molar-refractivity contribution in [2.24, 2.45) is 0 Å². The zero-order valence-electron chi connectivity index (χ0n) is 14.2. The Balaban J connectivity index is 2.62. The summed E-state index contributed by atoms with van der Waals surface area (Å²) in [5, 5.41) is 0. The van der Waals surface area contributed by atoms with Crippen LogP contribution in [0.3, 0.4) is 0 Å². The Morgan fingerprint density at radius 1 is 0.750 bits per heavy atom. The third-order valence-electron chi connectivity index (χ3n) is 4.40. The lowest BCUT2D eigenvalue weighted by Gasteiger charge is -2.19. The highest BCUT2D eigenvalue weighted by Crippen LogP contribution is 2.35. The molecule has 0 saturated carbocycles. The Morgan fingerprint density at radius 2 is 1.08 bits per heavy atom. The summed E-state index contributed by atoms with van der Waals surface area (Å²) in [5.41, 5.74) is 3.82. The number of rotatable bonds is 7. The molecule has 0 aliphatic carbocycles. The average molecular weight is 318 g/mol. The van der Waals surface area contributed by atoms with Crippen molar-refractivity contribution in [1.29, 1.82) is 0 Å². The summed E-state index contributed by atoms with van der Waals surface area (Å²) in [7, 11) is 0. The topological polar surface area (TPSA) is 34.1 Å². The van der Waals surface area contributed by atoms with Crippen LogP contribution in [0.2, 0.25) is 0 Å². The molecule has 0 amide bonds. The lowest BCUT2D eigenvalue weighted by Crippen LogP contribution is -2.10. The first kappa shape index (κ1) is 17.6. The molecule has 0 N–H and O–H groups in total. The molecule has 2 aromatic rings. The molecule has 2 nitrogen and oxygen atoms in total. The van der Waals surface area contributed by atoms with Gasteiger partial charge in [0.05, 0.1) is 0 Å². The molecule has 122 valence electrons. The molecule has 24 heavy (non-hydrogen) atoms. The van der Waals surface area contributed by atoms with Crippen LogP contribution < -0.4 is 0 Å². The lowest BCUT2D eigenvalue weighted by atomic mass is 9.84. The van der Waals surface area contributed by atoms with E-state index in [9.17, 15) is 9.59 Å². The van der Waals surface area contributed by atoms with E-state index in [2.05, 4.69) is 13.2 Å². The smallest absolute Gasteiger partial charge is 0.162 e. The van der Waals surface area contributed by atoms with Crippen LogP contribution >= 0.6 is 0 Å². The van der Waals surface area contributed by atoms with Crippen molar-refractivity contribution in [3.63, 3.8) is 0 Å². The van der Waals surface area contributed by atoms with E-state index in [1.54, 1.807) is 0 Å². The fraction of sp³-hybridized carbons (Fsp3) is 0.182. The van der Waals surface area contributed by atoms with Crippen LogP contribution in [0, 0.1) is 0 Å². The van der Waals surface area contributed by atoms with E-state index in [0.717, 1.165) is 22.3 Å². The molecule has 2 aromatic carbocycles. The van der Waals surface area contributed by atoms with Gasteiger partial charge in [0.15, 0.2) is 11.6 Å². The molecule has 0 aliphatic rings. The molecule has 2 heteroatoms. The minimum absolute atomic E-state index is 0.0184. The first-order chi connectivity index (χ1) is 11.5. The van der Waals surface area contributed by atoms with Crippen molar-refractivity contribution in [3.05, 3.63) is 85.0 Å². The zero-order valence-corrected chi connectivity index (χ0v) is 14.2. The van der Waals surface area contributed by atoms with Crippen LogP contribution in [-0.2, 0) is 9.59 Å². The van der Waals surface area contributed by atoms with Gasteiger partial charge in [-0.05, 0) is 34.4 Å². The van der Waals surface area contributed by atoms with Gasteiger partial charge in [-0.25, -0.2) is 0 Å². The molecule has 0 saturated heterocycles. The van der Waals surface area contributed by atoms with Crippen molar-refractivity contribution in [2.45, 2.75) is 25.7 Å². The first-order valence-corrected chi connectivity index (χ1v) is 8.02. The SMILES string of the molecule is C=CC(=O)C(C)c1ccccc1-c1ccccc1C(C)C(=O)C=C. The molecule has 0 fully saturated rings. The van der Waals surface area contributed by atoms with Crippen LogP contribution in [0.5, 0.6) is 0 Å². The third-order valence-corrected chi connectivity index (χ3v) is 4.40. The Bertz CT molecular complexity index is 719. The van der Waals surface area contributed by atoms with Gasteiger partial charge in [0.1, 0.15) is 0 Å². The van der Waals surface area contributed by atoms with Gasteiger partial charge in [0.25, 0.3) is 0 Å². The molecule has 2 rings (SSSR count). The number of ketones is 2. The quantitative estimate of drug-likeness (QED) is 0.668. The van der Waals surface area contributed by atoms with Gasteiger partial charge in [-0.3, -0.25) is 9.59 Å². The van der Waals surface area contributed by atoms with E-state index in [4.69, 9.17) is 0 Å². The second-order valence-corrected chi connectivity index (χ2v) is 5.83. The summed E-state index contributed by atoms with van der Waals surface area (Å²) < 4.78 is 0. The van der Waals surface area contributed by atoms with Gasteiger partial charge in [-0.2, -0.15) is 0 Å². The highest BCUT2D eigenvalue weighted by Gasteiger charge is 2.21. The Labute approximate surface area is 143 Å². The van der Waals surface area contributed by atoms with Gasteiger partial charge >= 0.3 is 0 Å². The van der Waals surface area contributed by atoms with Gasteiger partial charge in [0.2, 0.25) is 0 Å². The highest BCUT2D eigenvalue weighted by molar-refractivity contribution is 5.98. The summed E-state index contributed by atoms with van der Waals surface area (Å²) in [5.74, 6) is -0.598. The number of benzene rings is 2. The van der Waals surface area contributed by atoms with E-state index in [1.807, 2.05) is 62.4 Å². The van der Waals surface area contributed by atoms with E-state index in [1.165, 1.54) is 12.2 Å². The Hall–Kier alpha value is -2.74. The molecular formula is C22H22O2. The molecule has 0 aliphatic heterocycles. The maximum atomic E-state index is 12.1. The minimum Gasteiger partial charge on any atom is -0.294 e. The van der Waals surface area contributed by atoms with Crippen molar-refractivity contribution < 1.29 is 9.59 Å². The second-order valence-electron chi connectivity index (χ2n) is 5.83. The zero-order chi connectivity index (χ0) is 17.7. The van der Waals surface area contributed by atoms with Crippen molar-refractivity contribution in [3.8, 4) is 11.1 Å². The predicted octanol–water partition coefficient (Wildman–Crippen LogP) is 5.07. The summed E-state index contributed by atoms with van der Waals surface area (Å²) in [6.45, 7) is 10.9. The summed E-state index contributed by atoms with van der Waals surface area (Å²) in [6.07, 6.45) is 2.72. The number of carbonyl (C=O) groups excluding carboxylic acids is 2. The predicted molar refractivity (Wildman–Crippen MR) is 99.1 cm³/mol. The molecule has 0 radical (unpaired) electrons. The molecule has 0 spiro atoms. The van der Waals surface area contributed by atoms with Crippen LogP contribution in [0.15, 0.2) is 73.8 Å². The molecular weight excluding hydrogens is 296 g/mol. The summed E-state index contributed by atoms with van der Waals surface area (Å²) >= 11 is 0. The summed E-state index contributed by atoms with van der Waals surface area (Å²) in [6, 6.07) is 15.6. The summed E-state index contributed by atoms with van der Waals surface area (Å²) in [4.78, 5) is 24.2. The van der Waals surface area contributed by atoms with Crippen LogP contribution in [-0.4, -0.2) is 11.6 Å². The molecule has 0 aromatic heterocycles. The first-order valence-electron chi connectivity index (χ1n) is 8.02. The van der Waals surface area contributed by atoms with Gasteiger partial charge in [-0.1, -0.05) is 75.5 Å². The third kappa shape index (κ3) is 3.43. The van der Waals surface area contributed by atoms with Crippen LogP contribution in [0.4, 0.5) is 0 Å². The van der Waals surface area contributed by atoms with Crippen molar-refractivity contribution in [2.75, 3.05) is 0 Å². The molecule has 2 atom stereocenters. The van der Waals surface area contributed by atoms with Crippen molar-refractivity contribution in [1.82, 2.24) is 0 Å². The van der Waals surface area contributed by atoms with Crippen molar-refractivity contribution >= 4 is 11.6 Å². The number of allylic oxidation sites excluding steroid dienone is 2. The largest absolute Gasteiger partial charge is 0.294 e. The van der Waals surface area contributed by atoms with Gasteiger partial charge in [-0.15, -0.1) is 0 Å².